The lowest BCUT2D eigenvalue weighted by molar-refractivity contribution is -0.121. The molecule has 1 heterocycles. The Balaban J connectivity index is 1.63. The number of carbonyl (C=O) groups excluding carboxylic acids is 1. The number of aromatic nitrogens is 3. The van der Waals surface area contributed by atoms with Crippen LogP contribution in [0.2, 0.25) is 10.0 Å². The number of carbonyl (C=O) groups is 1. The molecule has 2 aromatic rings. The van der Waals surface area contributed by atoms with Gasteiger partial charge in [-0.25, -0.2) is 4.98 Å². The smallest absolute Gasteiger partial charge is 0.223 e. The molecule has 0 aliphatic heterocycles. The highest BCUT2D eigenvalue weighted by Gasteiger charge is 2.04. The van der Waals surface area contributed by atoms with Crippen LogP contribution < -0.4 is 10.1 Å². The molecule has 112 valence electrons. The minimum Gasteiger partial charge on any atom is -0.493 e. The van der Waals surface area contributed by atoms with Crippen molar-refractivity contribution in [3.63, 3.8) is 0 Å². The van der Waals surface area contributed by atoms with E-state index in [2.05, 4.69) is 20.5 Å². The van der Waals surface area contributed by atoms with E-state index < -0.39 is 0 Å². The second-order valence-corrected chi connectivity index (χ2v) is 5.02. The quantitative estimate of drug-likeness (QED) is 0.816. The van der Waals surface area contributed by atoms with Gasteiger partial charge in [0.05, 0.1) is 23.1 Å². The number of halogens is 2. The number of H-pyrrole nitrogens is 1. The highest BCUT2D eigenvalue weighted by molar-refractivity contribution is 6.42. The highest BCUT2D eigenvalue weighted by Crippen LogP contribution is 2.26. The summed E-state index contributed by atoms with van der Waals surface area (Å²) in [5, 5.41) is 10.1. The normalized spacial score (nSPS) is 10.4. The largest absolute Gasteiger partial charge is 0.493 e. The molecule has 0 saturated heterocycles. The minimum atomic E-state index is -0.0884. The third kappa shape index (κ3) is 5.24. The van der Waals surface area contributed by atoms with Crippen molar-refractivity contribution in [3.8, 4) is 5.75 Å². The summed E-state index contributed by atoms with van der Waals surface area (Å²) in [5.74, 6) is 1.23. The van der Waals surface area contributed by atoms with Crippen LogP contribution in [0.25, 0.3) is 0 Å². The van der Waals surface area contributed by atoms with E-state index in [4.69, 9.17) is 27.9 Å². The number of hydrogen-bond acceptors (Lipinski definition) is 4. The van der Waals surface area contributed by atoms with Gasteiger partial charge in [-0.05, 0) is 12.1 Å². The van der Waals surface area contributed by atoms with E-state index in [0.29, 0.717) is 28.8 Å². The van der Waals surface area contributed by atoms with Crippen LogP contribution in [-0.2, 0) is 11.2 Å². The Morgan fingerprint density at radius 3 is 2.90 bits per heavy atom. The number of benzene rings is 1. The molecule has 8 heteroatoms. The second-order valence-electron chi connectivity index (χ2n) is 4.21. The van der Waals surface area contributed by atoms with E-state index in [1.54, 1.807) is 18.2 Å². The van der Waals surface area contributed by atoms with Crippen LogP contribution in [0.15, 0.2) is 24.5 Å². The Morgan fingerprint density at radius 1 is 1.33 bits per heavy atom. The number of ether oxygens (including phenoxy) is 1. The third-order valence-corrected chi connectivity index (χ3v) is 3.38. The lowest BCUT2D eigenvalue weighted by Crippen LogP contribution is -2.27. The SMILES string of the molecule is O=C(CCOc1ccc(Cl)c(Cl)c1)NCCc1ncn[nH]1. The first-order chi connectivity index (χ1) is 10.1. The Morgan fingerprint density at radius 2 is 2.19 bits per heavy atom. The van der Waals surface area contributed by atoms with Crippen molar-refractivity contribution in [2.24, 2.45) is 0 Å². The Bertz CT molecular complexity index is 590. The first-order valence-electron chi connectivity index (χ1n) is 6.34. The molecule has 6 nitrogen and oxygen atoms in total. The predicted octanol–water partition coefficient (Wildman–Crippen LogP) is 2.24. The fourth-order valence-electron chi connectivity index (χ4n) is 1.59. The van der Waals surface area contributed by atoms with E-state index in [1.807, 2.05) is 0 Å². The molecule has 0 fully saturated rings. The van der Waals surface area contributed by atoms with Crippen LogP contribution in [0.3, 0.4) is 0 Å². The van der Waals surface area contributed by atoms with Gasteiger partial charge in [-0.15, -0.1) is 0 Å². The zero-order chi connectivity index (χ0) is 15.1. The topological polar surface area (TPSA) is 79.9 Å². The van der Waals surface area contributed by atoms with Crippen molar-refractivity contribution in [1.29, 1.82) is 0 Å². The molecule has 0 atom stereocenters. The predicted molar refractivity (Wildman–Crippen MR) is 79.7 cm³/mol. The van der Waals surface area contributed by atoms with Crippen LogP contribution in [0.4, 0.5) is 0 Å². The lowest BCUT2D eigenvalue weighted by atomic mass is 10.3. The van der Waals surface area contributed by atoms with Gasteiger partial charge in [0.25, 0.3) is 0 Å². The standard InChI is InChI=1S/C13H14Cl2N4O2/c14-10-2-1-9(7-11(10)15)21-6-4-13(20)16-5-3-12-17-8-18-19-12/h1-2,7-8H,3-6H2,(H,16,20)(H,17,18,19). The summed E-state index contributed by atoms with van der Waals surface area (Å²) in [6, 6.07) is 4.97. The van der Waals surface area contributed by atoms with Gasteiger partial charge in [-0.1, -0.05) is 23.2 Å². The van der Waals surface area contributed by atoms with Crippen molar-refractivity contribution in [3.05, 3.63) is 40.4 Å². The maximum atomic E-state index is 11.6. The lowest BCUT2D eigenvalue weighted by Gasteiger charge is -2.07. The van der Waals surface area contributed by atoms with Gasteiger partial charge in [0, 0.05) is 19.0 Å². The zero-order valence-corrected chi connectivity index (χ0v) is 12.6. The summed E-state index contributed by atoms with van der Waals surface area (Å²) < 4.78 is 5.43. The van der Waals surface area contributed by atoms with E-state index >= 15 is 0 Å². The first-order valence-corrected chi connectivity index (χ1v) is 7.09. The molecule has 1 aromatic carbocycles. The molecule has 0 saturated carbocycles. The fraction of sp³-hybridized carbons (Fsp3) is 0.308. The number of nitrogens with zero attached hydrogens (tertiary/aromatic N) is 2. The van der Waals surface area contributed by atoms with Crippen LogP contribution >= 0.6 is 23.2 Å². The molecule has 2 rings (SSSR count). The Labute approximate surface area is 131 Å². The first kappa shape index (κ1) is 15.6. The summed E-state index contributed by atoms with van der Waals surface area (Å²) in [6.07, 6.45) is 2.30. The van der Waals surface area contributed by atoms with Gasteiger partial charge < -0.3 is 10.1 Å². The van der Waals surface area contributed by atoms with Crippen LogP contribution in [0.1, 0.15) is 12.2 Å². The van der Waals surface area contributed by atoms with Crippen LogP contribution in [-0.4, -0.2) is 34.2 Å². The Kier molecular flexibility index (Phi) is 5.83. The molecule has 0 unspecified atom stereocenters. The monoisotopic (exact) mass is 328 g/mol. The van der Waals surface area contributed by atoms with Crippen LogP contribution in [0, 0.1) is 0 Å². The molecule has 0 aliphatic carbocycles. The van der Waals surface area contributed by atoms with Crippen molar-refractivity contribution < 1.29 is 9.53 Å². The number of hydrogen-bond donors (Lipinski definition) is 2. The number of amides is 1. The molecule has 0 bridgehead atoms. The summed E-state index contributed by atoms with van der Waals surface area (Å²) in [7, 11) is 0. The van der Waals surface area contributed by atoms with Gasteiger partial charge in [-0.3, -0.25) is 9.89 Å². The minimum absolute atomic E-state index is 0.0884. The molecule has 2 N–H and O–H groups in total. The third-order valence-electron chi connectivity index (χ3n) is 2.64. The zero-order valence-electron chi connectivity index (χ0n) is 11.1. The summed E-state index contributed by atoms with van der Waals surface area (Å²) >= 11 is 11.7. The van der Waals surface area contributed by atoms with Gasteiger partial charge in [0.1, 0.15) is 17.9 Å². The maximum Gasteiger partial charge on any atom is 0.223 e. The summed E-state index contributed by atoms with van der Waals surface area (Å²) in [5.41, 5.74) is 0. The van der Waals surface area contributed by atoms with Crippen molar-refractivity contribution in [2.45, 2.75) is 12.8 Å². The number of rotatable bonds is 7. The maximum absolute atomic E-state index is 11.6. The van der Waals surface area contributed by atoms with Crippen molar-refractivity contribution in [1.82, 2.24) is 20.5 Å². The van der Waals surface area contributed by atoms with Gasteiger partial charge >= 0.3 is 0 Å². The van der Waals surface area contributed by atoms with E-state index in [1.165, 1.54) is 6.33 Å². The van der Waals surface area contributed by atoms with Gasteiger partial charge in [-0.2, -0.15) is 5.10 Å². The molecule has 0 aliphatic rings. The molecule has 0 radical (unpaired) electrons. The number of nitrogens with one attached hydrogen (secondary N) is 2. The van der Waals surface area contributed by atoms with Gasteiger partial charge in [0.15, 0.2) is 0 Å². The fourth-order valence-corrected chi connectivity index (χ4v) is 1.88. The van der Waals surface area contributed by atoms with Gasteiger partial charge in [0.2, 0.25) is 5.91 Å². The molecular formula is C13H14Cl2N4O2. The molecular weight excluding hydrogens is 315 g/mol. The summed E-state index contributed by atoms with van der Waals surface area (Å²) in [6.45, 7) is 0.771. The highest BCUT2D eigenvalue weighted by atomic mass is 35.5. The van der Waals surface area contributed by atoms with Crippen molar-refractivity contribution >= 4 is 29.1 Å². The molecule has 0 spiro atoms. The van der Waals surface area contributed by atoms with Crippen LogP contribution in [0.5, 0.6) is 5.75 Å². The van der Waals surface area contributed by atoms with E-state index in [-0.39, 0.29) is 18.9 Å². The van der Waals surface area contributed by atoms with Crippen molar-refractivity contribution in [2.75, 3.05) is 13.2 Å². The molecule has 1 aromatic heterocycles. The number of aromatic amines is 1. The molecule has 1 amide bonds. The Hall–Kier alpha value is -1.79. The summed E-state index contributed by atoms with van der Waals surface area (Å²) in [4.78, 5) is 15.6. The van der Waals surface area contributed by atoms with E-state index in [0.717, 1.165) is 5.82 Å². The molecule has 21 heavy (non-hydrogen) atoms. The average molecular weight is 329 g/mol. The second kappa shape index (κ2) is 7.85. The van der Waals surface area contributed by atoms with E-state index in [9.17, 15) is 4.79 Å². The average Bonchev–Trinajstić information content (AvgIpc) is 2.96.